The lowest BCUT2D eigenvalue weighted by molar-refractivity contribution is 0.0363. The van der Waals surface area contributed by atoms with E-state index in [1.165, 1.54) is 6.20 Å². The standard InChI is InChI=1S/C8H9BrN2O2/c1-5(2)13-8(12)7-10-4-3-6(9)11-7/h3-5H,1-2H3. The van der Waals surface area contributed by atoms with Gasteiger partial charge in [-0.1, -0.05) is 0 Å². The Hall–Kier alpha value is -0.970. The predicted molar refractivity (Wildman–Crippen MR) is 50.3 cm³/mol. The van der Waals surface area contributed by atoms with E-state index < -0.39 is 5.97 Å². The Morgan fingerprint density at radius 2 is 2.31 bits per heavy atom. The molecule has 0 aliphatic carbocycles. The van der Waals surface area contributed by atoms with E-state index in [0.29, 0.717) is 4.60 Å². The van der Waals surface area contributed by atoms with E-state index in [2.05, 4.69) is 25.9 Å². The van der Waals surface area contributed by atoms with Crippen LogP contribution >= 0.6 is 15.9 Å². The third-order valence-corrected chi connectivity index (χ3v) is 1.59. The Balaban J connectivity index is 2.77. The van der Waals surface area contributed by atoms with Crippen LogP contribution in [0.1, 0.15) is 24.5 Å². The average molecular weight is 245 g/mol. The molecule has 13 heavy (non-hydrogen) atoms. The minimum Gasteiger partial charge on any atom is -0.457 e. The van der Waals surface area contributed by atoms with Crippen LogP contribution in [0.5, 0.6) is 0 Å². The van der Waals surface area contributed by atoms with E-state index in [9.17, 15) is 4.79 Å². The van der Waals surface area contributed by atoms with E-state index in [1.807, 2.05) is 0 Å². The molecule has 0 unspecified atom stereocenters. The average Bonchev–Trinajstić information content (AvgIpc) is 2.03. The number of hydrogen-bond acceptors (Lipinski definition) is 4. The molecular formula is C8H9BrN2O2. The first-order valence-corrected chi connectivity index (χ1v) is 4.58. The highest BCUT2D eigenvalue weighted by Crippen LogP contribution is 2.05. The van der Waals surface area contributed by atoms with Gasteiger partial charge in [0.15, 0.2) is 0 Å². The first kappa shape index (κ1) is 10.1. The molecule has 4 nitrogen and oxygen atoms in total. The Kier molecular flexibility index (Phi) is 3.36. The molecular weight excluding hydrogens is 236 g/mol. The van der Waals surface area contributed by atoms with E-state index in [1.54, 1.807) is 19.9 Å². The normalized spacial score (nSPS) is 10.2. The van der Waals surface area contributed by atoms with Crippen LogP contribution in [0.4, 0.5) is 0 Å². The predicted octanol–water partition coefficient (Wildman–Crippen LogP) is 1.80. The van der Waals surface area contributed by atoms with Gasteiger partial charge in [-0.15, -0.1) is 0 Å². The van der Waals surface area contributed by atoms with Gasteiger partial charge < -0.3 is 4.74 Å². The van der Waals surface area contributed by atoms with Gasteiger partial charge in [0.2, 0.25) is 5.82 Å². The van der Waals surface area contributed by atoms with Crippen LogP contribution in [-0.2, 0) is 4.74 Å². The van der Waals surface area contributed by atoms with Gasteiger partial charge in [0, 0.05) is 6.20 Å². The molecule has 0 N–H and O–H groups in total. The second-order valence-corrected chi connectivity index (χ2v) is 3.47. The summed E-state index contributed by atoms with van der Waals surface area (Å²) in [7, 11) is 0. The van der Waals surface area contributed by atoms with Crippen molar-refractivity contribution >= 4 is 21.9 Å². The highest BCUT2D eigenvalue weighted by molar-refractivity contribution is 9.10. The third-order valence-electron chi connectivity index (χ3n) is 1.15. The molecule has 0 fully saturated rings. The summed E-state index contributed by atoms with van der Waals surface area (Å²) in [6.45, 7) is 3.55. The van der Waals surface area contributed by atoms with Crippen molar-refractivity contribution in [2.24, 2.45) is 0 Å². The largest absolute Gasteiger partial charge is 0.457 e. The second-order valence-electron chi connectivity index (χ2n) is 2.66. The Labute approximate surface area is 84.5 Å². The number of aromatic nitrogens is 2. The maximum absolute atomic E-state index is 11.2. The van der Waals surface area contributed by atoms with Gasteiger partial charge in [-0.2, -0.15) is 0 Å². The summed E-state index contributed by atoms with van der Waals surface area (Å²) >= 11 is 3.14. The number of halogens is 1. The Bertz CT molecular complexity index is 315. The first-order chi connectivity index (χ1) is 6.09. The van der Waals surface area contributed by atoms with Crippen LogP contribution < -0.4 is 0 Å². The summed E-state index contributed by atoms with van der Waals surface area (Å²) in [4.78, 5) is 18.9. The maximum Gasteiger partial charge on any atom is 0.376 e. The lowest BCUT2D eigenvalue weighted by Gasteiger charge is -2.05. The zero-order valence-electron chi connectivity index (χ0n) is 7.32. The lowest BCUT2D eigenvalue weighted by Crippen LogP contribution is -2.14. The zero-order chi connectivity index (χ0) is 9.84. The van der Waals surface area contributed by atoms with Crippen molar-refractivity contribution < 1.29 is 9.53 Å². The number of hydrogen-bond donors (Lipinski definition) is 0. The molecule has 1 rings (SSSR count). The van der Waals surface area contributed by atoms with Crippen molar-refractivity contribution in [2.45, 2.75) is 20.0 Å². The molecule has 70 valence electrons. The molecule has 0 aliphatic heterocycles. The zero-order valence-corrected chi connectivity index (χ0v) is 8.91. The number of carbonyl (C=O) groups excluding carboxylic acids is 1. The molecule has 1 heterocycles. The van der Waals surface area contributed by atoms with E-state index in [-0.39, 0.29) is 11.9 Å². The highest BCUT2D eigenvalue weighted by atomic mass is 79.9. The van der Waals surface area contributed by atoms with Crippen LogP contribution in [0.3, 0.4) is 0 Å². The molecule has 0 spiro atoms. The van der Waals surface area contributed by atoms with E-state index >= 15 is 0 Å². The van der Waals surface area contributed by atoms with Gasteiger partial charge in [0.05, 0.1) is 6.10 Å². The van der Waals surface area contributed by atoms with Gasteiger partial charge >= 0.3 is 5.97 Å². The number of rotatable bonds is 2. The van der Waals surface area contributed by atoms with Crippen LogP contribution in [-0.4, -0.2) is 22.0 Å². The van der Waals surface area contributed by atoms with Crippen molar-refractivity contribution in [1.82, 2.24) is 9.97 Å². The monoisotopic (exact) mass is 244 g/mol. The fourth-order valence-corrected chi connectivity index (χ4v) is 0.988. The number of carbonyl (C=O) groups is 1. The van der Waals surface area contributed by atoms with Crippen molar-refractivity contribution in [1.29, 1.82) is 0 Å². The van der Waals surface area contributed by atoms with E-state index in [4.69, 9.17) is 4.74 Å². The third kappa shape index (κ3) is 3.10. The molecule has 0 radical (unpaired) electrons. The molecule has 0 saturated carbocycles. The Morgan fingerprint density at radius 1 is 1.62 bits per heavy atom. The van der Waals surface area contributed by atoms with Crippen LogP contribution in [0, 0.1) is 0 Å². The lowest BCUT2D eigenvalue weighted by atomic mass is 10.5. The van der Waals surface area contributed by atoms with Crippen molar-refractivity contribution in [3.05, 3.63) is 22.7 Å². The van der Waals surface area contributed by atoms with Crippen LogP contribution in [0.25, 0.3) is 0 Å². The molecule has 0 aliphatic rings. The summed E-state index contributed by atoms with van der Waals surface area (Å²) in [6.07, 6.45) is 1.34. The number of ether oxygens (including phenoxy) is 1. The van der Waals surface area contributed by atoms with Gasteiger partial charge in [0.25, 0.3) is 0 Å². The van der Waals surface area contributed by atoms with Crippen LogP contribution in [0.2, 0.25) is 0 Å². The van der Waals surface area contributed by atoms with Gasteiger partial charge in [0.1, 0.15) is 4.60 Å². The van der Waals surface area contributed by atoms with E-state index in [0.717, 1.165) is 0 Å². The minimum atomic E-state index is -0.503. The van der Waals surface area contributed by atoms with Gasteiger partial charge in [-0.05, 0) is 35.8 Å². The first-order valence-electron chi connectivity index (χ1n) is 3.79. The molecule has 0 amide bonds. The fourth-order valence-electron chi connectivity index (χ4n) is 0.702. The molecule has 5 heteroatoms. The fraction of sp³-hybridized carbons (Fsp3) is 0.375. The molecule has 1 aromatic heterocycles. The van der Waals surface area contributed by atoms with Crippen molar-refractivity contribution in [3.63, 3.8) is 0 Å². The number of esters is 1. The molecule has 0 aromatic carbocycles. The summed E-state index contributed by atoms with van der Waals surface area (Å²) in [5.41, 5.74) is 0. The summed E-state index contributed by atoms with van der Waals surface area (Å²) in [6, 6.07) is 1.64. The number of nitrogens with zero attached hydrogens (tertiary/aromatic N) is 2. The van der Waals surface area contributed by atoms with Gasteiger partial charge in [-0.25, -0.2) is 14.8 Å². The minimum absolute atomic E-state index is 0.0723. The van der Waals surface area contributed by atoms with Gasteiger partial charge in [-0.3, -0.25) is 0 Å². The van der Waals surface area contributed by atoms with Crippen LogP contribution in [0.15, 0.2) is 16.9 Å². The quantitative estimate of drug-likeness (QED) is 0.588. The summed E-state index contributed by atoms with van der Waals surface area (Å²) in [5.74, 6) is -0.431. The smallest absolute Gasteiger partial charge is 0.376 e. The SMILES string of the molecule is CC(C)OC(=O)c1nccc(Br)n1. The summed E-state index contributed by atoms with van der Waals surface area (Å²) < 4.78 is 5.47. The summed E-state index contributed by atoms with van der Waals surface area (Å²) in [5, 5.41) is 0. The van der Waals surface area contributed by atoms with Crippen molar-refractivity contribution in [2.75, 3.05) is 0 Å². The topological polar surface area (TPSA) is 52.1 Å². The molecule has 0 saturated heterocycles. The molecule has 0 atom stereocenters. The maximum atomic E-state index is 11.2. The molecule has 1 aromatic rings. The van der Waals surface area contributed by atoms with Crippen molar-refractivity contribution in [3.8, 4) is 0 Å². The second kappa shape index (κ2) is 4.32. The Morgan fingerprint density at radius 3 is 2.85 bits per heavy atom. The molecule has 0 bridgehead atoms. The highest BCUT2D eigenvalue weighted by Gasteiger charge is 2.12.